The Bertz CT molecular complexity index is 533. The fourth-order valence-electron chi connectivity index (χ4n) is 1.36. The van der Waals surface area contributed by atoms with Gasteiger partial charge in [0.1, 0.15) is 0 Å². The van der Waals surface area contributed by atoms with Gasteiger partial charge in [0.15, 0.2) is 0 Å². The quantitative estimate of drug-likeness (QED) is 0.190. The minimum absolute atomic E-state index is 1.31. The van der Waals surface area contributed by atoms with Crippen LogP contribution in [0.5, 0.6) is 0 Å². The highest BCUT2D eigenvalue weighted by molar-refractivity contribution is 7.73. The van der Waals surface area contributed by atoms with Crippen LogP contribution in [-0.4, -0.2) is 61.4 Å². The van der Waals surface area contributed by atoms with Crippen molar-refractivity contribution >= 4 is 30.4 Å². The molecule has 0 unspecified atom stereocenters. The molecule has 0 aliphatic carbocycles. The molecule has 133 valence electrons. The van der Waals surface area contributed by atoms with Gasteiger partial charge in [0.05, 0.1) is 0 Å². The SMILES string of the molecule is O=P(O)(O)C([N]C(CCO)(P(=O)(O)O)P(=O)(O)O)P(=O)(O)O. The topological polar surface area (TPSA) is 264 Å². The first-order chi connectivity index (χ1) is 9.40. The largest absolute Gasteiger partial charge is 0.396 e. The zero-order valence-electron chi connectivity index (χ0n) is 10.4. The van der Waals surface area contributed by atoms with Gasteiger partial charge >= 0.3 is 30.4 Å². The average Bonchev–Trinajstić information content (AvgIpc) is 2.16. The summed E-state index contributed by atoms with van der Waals surface area (Å²) in [4.78, 5) is 71.7. The van der Waals surface area contributed by atoms with Crippen molar-refractivity contribution in [2.75, 3.05) is 6.61 Å². The van der Waals surface area contributed by atoms with Crippen molar-refractivity contribution in [3.8, 4) is 0 Å². The standard InChI is InChI=1S/C4H14NO13P4/c6-2-1-4(21(13,14)15,22(16,17)18)5-3(19(7,8)9)20(10,11)12/h3,6H,1-2H2,(H2,7,8,9)(H2,10,11,12)(H2,13,14,15)(H2,16,17,18). The van der Waals surface area contributed by atoms with Gasteiger partial charge in [-0.1, -0.05) is 0 Å². The van der Waals surface area contributed by atoms with Crippen molar-refractivity contribution in [1.82, 2.24) is 5.32 Å². The summed E-state index contributed by atoms with van der Waals surface area (Å²) in [7, 11) is -23.7. The second kappa shape index (κ2) is 6.79. The molecular formula is C4H14NO13P4. The number of rotatable bonds is 8. The van der Waals surface area contributed by atoms with Crippen LogP contribution in [0, 0.1) is 0 Å². The Kier molecular flexibility index (Phi) is 6.95. The Morgan fingerprint density at radius 1 is 0.773 bits per heavy atom. The second-order valence-electron chi connectivity index (χ2n) is 3.99. The first-order valence-electron chi connectivity index (χ1n) is 4.95. The average molecular weight is 408 g/mol. The van der Waals surface area contributed by atoms with Crippen molar-refractivity contribution < 1.29 is 62.5 Å². The van der Waals surface area contributed by atoms with Gasteiger partial charge in [0.2, 0.25) is 10.5 Å². The molecule has 0 aliphatic heterocycles. The molecule has 0 saturated heterocycles. The van der Waals surface area contributed by atoms with Gasteiger partial charge in [0, 0.05) is 13.0 Å². The van der Waals surface area contributed by atoms with Gasteiger partial charge in [-0.2, -0.15) is 5.32 Å². The highest BCUT2D eigenvalue weighted by Crippen LogP contribution is 2.72. The number of hydrogen-bond donors (Lipinski definition) is 9. The van der Waals surface area contributed by atoms with Crippen LogP contribution in [-0.2, 0) is 18.3 Å². The maximum atomic E-state index is 11.4. The highest BCUT2D eigenvalue weighted by Gasteiger charge is 2.65. The summed E-state index contributed by atoms with van der Waals surface area (Å²) in [5, 5.41) is 7.27. The lowest BCUT2D eigenvalue weighted by Gasteiger charge is -2.36. The van der Waals surface area contributed by atoms with Crippen molar-refractivity contribution in [3.05, 3.63) is 0 Å². The van der Waals surface area contributed by atoms with Gasteiger partial charge in [0.25, 0.3) is 0 Å². The molecule has 18 heteroatoms. The highest BCUT2D eigenvalue weighted by atomic mass is 31.2. The molecular weight excluding hydrogens is 394 g/mol. The van der Waals surface area contributed by atoms with Gasteiger partial charge in [-0.3, -0.25) is 18.3 Å². The molecule has 0 fully saturated rings. The normalized spacial score (nSPS) is 15.4. The van der Waals surface area contributed by atoms with Gasteiger partial charge in [-0.25, -0.2) is 0 Å². The molecule has 0 aliphatic rings. The molecule has 0 heterocycles. The number of hydrogen-bond acceptors (Lipinski definition) is 5. The van der Waals surface area contributed by atoms with Crippen LogP contribution in [0.4, 0.5) is 0 Å². The van der Waals surface area contributed by atoms with E-state index >= 15 is 0 Å². The molecule has 9 N–H and O–H groups in total. The third-order valence-electron chi connectivity index (χ3n) is 2.30. The van der Waals surface area contributed by atoms with Crippen molar-refractivity contribution in [2.45, 2.75) is 17.0 Å². The van der Waals surface area contributed by atoms with E-state index in [1.807, 2.05) is 0 Å². The van der Waals surface area contributed by atoms with Crippen LogP contribution >= 0.6 is 30.4 Å². The molecule has 0 aromatic carbocycles. The van der Waals surface area contributed by atoms with Crippen LogP contribution in [0.3, 0.4) is 0 Å². The summed E-state index contributed by atoms with van der Waals surface area (Å²) in [5.74, 6) is 0. The van der Waals surface area contributed by atoms with E-state index in [1.54, 1.807) is 0 Å². The molecule has 14 nitrogen and oxygen atoms in total. The summed E-state index contributed by atoms with van der Waals surface area (Å²) in [6.07, 6.45) is -1.50. The molecule has 0 atom stereocenters. The minimum atomic E-state index is -6.01. The van der Waals surface area contributed by atoms with E-state index in [0.717, 1.165) is 0 Å². The first kappa shape index (κ1) is 22.5. The third-order valence-corrected chi connectivity index (χ3v) is 9.65. The van der Waals surface area contributed by atoms with E-state index in [9.17, 15) is 18.3 Å². The fourth-order valence-corrected chi connectivity index (χ4v) is 6.66. The molecule has 0 saturated carbocycles. The third kappa shape index (κ3) is 5.01. The summed E-state index contributed by atoms with van der Waals surface area (Å²) < 4.78 is 44.8. The summed E-state index contributed by atoms with van der Waals surface area (Å²) in [6.45, 7) is -1.31. The lowest BCUT2D eigenvalue weighted by atomic mass is 10.4. The number of nitrogens with zero attached hydrogens (tertiary/aromatic N) is 1. The second-order valence-corrected chi connectivity index (χ2v) is 11.7. The molecule has 0 aromatic heterocycles. The molecule has 0 rings (SSSR count). The summed E-state index contributed by atoms with van der Waals surface area (Å²) in [6, 6.07) is 0. The molecule has 0 bridgehead atoms. The molecule has 0 aromatic rings. The Morgan fingerprint density at radius 3 is 1.27 bits per heavy atom. The minimum Gasteiger partial charge on any atom is -0.396 e. The Hall–Kier alpha value is 0.520. The molecule has 22 heavy (non-hydrogen) atoms. The monoisotopic (exact) mass is 408 g/mol. The van der Waals surface area contributed by atoms with Crippen LogP contribution in [0.1, 0.15) is 6.42 Å². The molecule has 1 radical (unpaired) electrons. The zero-order valence-corrected chi connectivity index (χ0v) is 14.0. The Labute approximate surface area is 122 Å². The van der Waals surface area contributed by atoms with Gasteiger partial charge < -0.3 is 44.3 Å². The summed E-state index contributed by atoms with van der Waals surface area (Å²) in [5.41, 5.74) is -3.42. The van der Waals surface area contributed by atoms with Crippen molar-refractivity contribution in [2.24, 2.45) is 0 Å². The molecule has 0 spiro atoms. The van der Waals surface area contributed by atoms with Crippen molar-refractivity contribution in [3.63, 3.8) is 0 Å². The van der Waals surface area contributed by atoms with E-state index in [1.165, 1.54) is 0 Å². The lowest BCUT2D eigenvalue weighted by Crippen LogP contribution is -2.45. The maximum Gasteiger partial charge on any atom is 0.359 e. The van der Waals surface area contributed by atoms with Crippen LogP contribution in [0.2, 0.25) is 0 Å². The predicted octanol–water partition coefficient (Wildman–Crippen LogP) is -2.38. The maximum absolute atomic E-state index is 11.4. The van der Waals surface area contributed by atoms with E-state index in [2.05, 4.69) is 5.32 Å². The Morgan fingerprint density at radius 2 is 1.09 bits per heavy atom. The van der Waals surface area contributed by atoms with Crippen molar-refractivity contribution in [1.29, 1.82) is 0 Å². The van der Waals surface area contributed by atoms with E-state index < -0.39 is 54.0 Å². The lowest BCUT2D eigenvalue weighted by molar-refractivity contribution is 0.223. The number of aliphatic hydroxyl groups excluding tert-OH is 1. The van der Waals surface area contributed by atoms with E-state index in [0.29, 0.717) is 0 Å². The smallest absolute Gasteiger partial charge is 0.359 e. The molecule has 0 amide bonds. The first-order valence-corrected chi connectivity index (χ1v) is 11.5. The predicted molar refractivity (Wildman–Crippen MR) is 68.5 cm³/mol. The fraction of sp³-hybridized carbons (Fsp3) is 1.00. The van der Waals surface area contributed by atoms with Gasteiger partial charge in [-0.05, 0) is 0 Å². The van der Waals surface area contributed by atoms with E-state index in [4.69, 9.17) is 44.3 Å². The van der Waals surface area contributed by atoms with Crippen LogP contribution in [0.15, 0.2) is 0 Å². The van der Waals surface area contributed by atoms with Crippen LogP contribution < -0.4 is 5.32 Å². The van der Waals surface area contributed by atoms with Crippen LogP contribution in [0.25, 0.3) is 0 Å². The Balaban J connectivity index is 6.37. The summed E-state index contributed by atoms with van der Waals surface area (Å²) >= 11 is 0. The van der Waals surface area contributed by atoms with E-state index in [-0.39, 0.29) is 0 Å². The number of aliphatic hydroxyl groups is 1. The zero-order chi connectivity index (χ0) is 18.2. The van der Waals surface area contributed by atoms with Gasteiger partial charge in [-0.15, -0.1) is 0 Å².